The Hall–Kier alpha value is -1.10. The molecule has 0 aliphatic carbocycles. The quantitative estimate of drug-likeness (QED) is 0.499. The molecule has 0 aromatic heterocycles. The number of piperidine rings is 1. The number of primary amides is 1. The molecule has 0 saturated carbocycles. The lowest BCUT2D eigenvalue weighted by Crippen LogP contribution is -2.55. The fraction of sp³-hybridized carbons (Fsp3) is 0.714. The summed E-state index contributed by atoms with van der Waals surface area (Å²) in [4.78, 5) is 23.4. The third kappa shape index (κ3) is 1.40. The van der Waals surface area contributed by atoms with Crippen molar-refractivity contribution in [3.05, 3.63) is 0 Å². The number of nitrogens with two attached hydrogens (primary N) is 2. The van der Waals surface area contributed by atoms with E-state index in [1.54, 1.807) is 7.05 Å². The van der Waals surface area contributed by atoms with E-state index in [9.17, 15) is 9.59 Å². The lowest BCUT2D eigenvalue weighted by atomic mass is 9.98. The first-order chi connectivity index (χ1) is 5.54. The van der Waals surface area contributed by atoms with Crippen molar-refractivity contribution < 1.29 is 9.59 Å². The van der Waals surface area contributed by atoms with Crippen LogP contribution in [0.4, 0.5) is 0 Å². The van der Waals surface area contributed by atoms with E-state index < -0.39 is 18.0 Å². The molecule has 4 N–H and O–H groups in total. The zero-order valence-corrected chi connectivity index (χ0v) is 6.99. The SMILES string of the molecule is CN1C(=O)C(N)CCC1C(N)=O. The second-order valence-electron chi connectivity index (χ2n) is 3.05. The van der Waals surface area contributed by atoms with Gasteiger partial charge in [0.15, 0.2) is 0 Å². The molecule has 1 saturated heterocycles. The van der Waals surface area contributed by atoms with Gasteiger partial charge in [0.2, 0.25) is 11.8 Å². The maximum atomic E-state index is 11.2. The number of likely N-dealkylation sites (tertiary alicyclic amines) is 1. The summed E-state index contributed by atoms with van der Waals surface area (Å²) in [6.45, 7) is 0. The van der Waals surface area contributed by atoms with Gasteiger partial charge in [-0.2, -0.15) is 0 Å². The van der Waals surface area contributed by atoms with Crippen molar-refractivity contribution in [3.8, 4) is 0 Å². The number of likely N-dealkylation sites (N-methyl/N-ethyl adjacent to an activating group) is 1. The van der Waals surface area contributed by atoms with Crippen molar-refractivity contribution in [2.24, 2.45) is 11.5 Å². The van der Waals surface area contributed by atoms with E-state index in [2.05, 4.69) is 0 Å². The lowest BCUT2D eigenvalue weighted by molar-refractivity contribution is -0.142. The Morgan fingerprint density at radius 2 is 2.17 bits per heavy atom. The number of hydrogen-bond acceptors (Lipinski definition) is 3. The highest BCUT2D eigenvalue weighted by atomic mass is 16.2. The number of hydrogen-bond donors (Lipinski definition) is 2. The van der Waals surface area contributed by atoms with Gasteiger partial charge in [-0.25, -0.2) is 0 Å². The highest BCUT2D eigenvalue weighted by molar-refractivity contribution is 5.90. The van der Waals surface area contributed by atoms with Crippen LogP contribution in [-0.2, 0) is 9.59 Å². The largest absolute Gasteiger partial charge is 0.368 e. The van der Waals surface area contributed by atoms with E-state index in [4.69, 9.17) is 11.5 Å². The van der Waals surface area contributed by atoms with Crippen molar-refractivity contribution in [1.29, 1.82) is 0 Å². The zero-order valence-electron chi connectivity index (χ0n) is 6.99. The average Bonchev–Trinajstić information content (AvgIpc) is 2.00. The Morgan fingerprint density at radius 3 is 2.67 bits per heavy atom. The lowest BCUT2D eigenvalue weighted by Gasteiger charge is -2.33. The third-order valence-electron chi connectivity index (χ3n) is 2.21. The van der Waals surface area contributed by atoms with Gasteiger partial charge in [-0.05, 0) is 12.8 Å². The van der Waals surface area contributed by atoms with Crippen molar-refractivity contribution in [2.75, 3.05) is 7.05 Å². The zero-order chi connectivity index (χ0) is 9.30. The fourth-order valence-electron chi connectivity index (χ4n) is 1.40. The second-order valence-corrected chi connectivity index (χ2v) is 3.05. The van der Waals surface area contributed by atoms with Gasteiger partial charge in [0.25, 0.3) is 0 Å². The van der Waals surface area contributed by atoms with E-state index in [0.29, 0.717) is 12.8 Å². The molecule has 0 spiro atoms. The van der Waals surface area contributed by atoms with Crippen molar-refractivity contribution in [3.63, 3.8) is 0 Å². The topological polar surface area (TPSA) is 89.4 Å². The summed E-state index contributed by atoms with van der Waals surface area (Å²) in [6, 6.07) is -0.942. The molecule has 5 nitrogen and oxygen atoms in total. The molecule has 1 rings (SSSR count). The van der Waals surface area contributed by atoms with Crippen LogP contribution in [0.1, 0.15) is 12.8 Å². The van der Waals surface area contributed by atoms with Gasteiger partial charge in [-0.1, -0.05) is 0 Å². The standard InChI is InChI=1S/C7H13N3O2/c1-10-5(6(9)11)3-2-4(8)7(10)12/h4-5H,2-3,8H2,1H3,(H2,9,11). The molecule has 0 aromatic rings. The number of rotatable bonds is 1. The van der Waals surface area contributed by atoms with Crippen LogP contribution in [0, 0.1) is 0 Å². The number of carbonyl (C=O) groups is 2. The monoisotopic (exact) mass is 171 g/mol. The van der Waals surface area contributed by atoms with Crippen LogP contribution in [-0.4, -0.2) is 35.8 Å². The van der Waals surface area contributed by atoms with Crippen LogP contribution >= 0.6 is 0 Å². The first-order valence-electron chi connectivity index (χ1n) is 3.85. The Bertz CT molecular complexity index is 217. The Labute approximate surface area is 70.7 Å². The van der Waals surface area contributed by atoms with Gasteiger partial charge in [-0.3, -0.25) is 9.59 Å². The maximum Gasteiger partial charge on any atom is 0.240 e. The minimum absolute atomic E-state index is 0.204. The molecule has 0 bridgehead atoms. The molecule has 12 heavy (non-hydrogen) atoms. The van der Waals surface area contributed by atoms with E-state index in [0.717, 1.165) is 0 Å². The molecule has 1 heterocycles. The van der Waals surface area contributed by atoms with E-state index in [1.807, 2.05) is 0 Å². The normalized spacial score (nSPS) is 30.5. The summed E-state index contributed by atoms with van der Waals surface area (Å²) in [6.07, 6.45) is 1.11. The number of carbonyl (C=O) groups excluding carboxylic acids is 2. The number of nitrogens with zero attached hydrogens (tertiary/aromatic N) is 1. The highest BCUT2D eigenvalue weighted by Gasteiger charge is 2.33. The molecule has 0 aromatic carbocycles. The molecule has 1 fully saturated rings. The fourth-order valence-corrected chi connectivity index (χ4v) is 1.40. The van der Waals surface area contributed by atoms with Crippen molar-refractivity contribution in [1.82, 2.24) is 4.90 Å². The number of amides is 2. The summed E-state index contributed by atoms with van der Waals surface area (Å²) in [7, 11) is 1.55. The smallest absolute Gasteiger partial charge is 0.240 e. The molecule has 2 atom stereocenters. The second kappa shape index (κ2) is 3.10. The van der Waals surface area contributed by atoms with Crippen LogP contribution in [0.2, 0.25) is 0 Å². The van der Waals surface area contributed by atoms with E-state index in [1.165, 1.54) is 4.90 Å². The van der Waals surface area contributed by atoms with Gasteiger partial charge in [0.05, 0.1) is 6.04 Å². The molecule has 68 valence electrons. The third-order valence-corrected chi connectivity index (χ3v) is 2.21. The van der Waals surface area contributed by atoms with E-state index >= 15 is 0 Å². The predicted octanol–water partition coefficient (Wildman–Crippen LogP) is -1.58. The van der Waals surface area contributed by atoms with Crippen LogP contribution in [0.25, 0.3) is 0 Å². The molecule has 1 aliphatic rings. The van der Waals surface area contributed by atoms with Crippen LogP contribution in [0.3, 0.4) is 0 Å². The molecular weight excluding hydrogens is 158 g/mol. The van der Waals surface area contributed by atoms with Gasteiger partial charge >= 0.3 is 0 Å². The minimum Gasteiger partial charge on any atom is -0.368 e. The Morgan fingerprint density at radius 1 is 1.58 bits per heavy atom. The van der Waals surface area contributed by atoms with Gasteiger partial charge < -0.3 is 16.4 Å². The van der Waals surface area contributed by atoms with Crippen LogP contribution in [0.5, 0.6) is 0 Å². The molecular formula is C7H13N3O2. The summed E-state index contributed by atoms with van der Waals surface area (Å²) in [5.41, 5.74) is 10.6. The van der Waals surface area contributed by atoms with Gasteiger partial charge in [-0.15, -0.1) is 0 Å². The molecule has 0 radical (unpaired) electrons. The van der Waals surface area contributed by atoms with E-state index in [-0.39, 0.29) is 5.91 Å². The Balaban J connectivity index is 2.71. The summed E-state index contributed by atoms with van der Waals surface area (Å²) in [5, 5.41) is 0. The molecule has 1 aliphatic heterocycles. The summed E-state index contributed by atoms with van der Waals surface area (Å²) >= 11 is 0. The molecule has 2 amide bonds. The summed E-state index contributed by atoms with van der Waals surface area (Å²) in [5.74, 6) is -0.664. The first-order valence-corrected chi connectivity index (χ1v) is 3.85. The van der Waals surface area contributed by atoms with Gasteiger partial charge in [0.1, 0.15) is 6.04 Å². The predicted molar refractivity (Wildman–Crippen MR) is 43.0 cm³/mol. The minimum atomic E-state index is -0.475. The van der Waals surface area contributed by atoms with Crippen LogP contribution < -0.4 is 11.5 Å². The van der Waals surface area contributed by atoms with Crippen LogP contribution in [0.15, 0.2) is 0 Å². The van der Waals surface area contributed by atoms with Gasteiger partial charge in [0, 0.05) is 7.05 Å². The highest BCUT2D eigenvalue weighted by Crippen LogP contribution is 2.14. The van der Waals surface area contributed by atoms with Crippen molar-refractivity contribution in [2.45, 2.75) is 24.9 Å². The maximum absolute atomic E-state index is 11.2. The van der Waals surface area contributed by atoms with Crippen molar-refractivity contribution >= 4 is 11.8 Å². The summed E-state index contributed by atoms with van der Waals surface area (Å²) < 4.78 is 0. The first kappa shape index (κ1) is 8.99. The average molecular weight is 171 g/mol. The molecule has 2 unspecified atom stereocenters. The Kier molecular flexibility index (Phi) is 2.32. The molecule has 5 heteroatoms.